The molecule has 6 heteroatoms. The molecule has 0 fully saturated rings. The number of nitrogens with one attached hydrogen (secondary N) is 1. The Hall–Kier alpha value is -1.32. The average molecular weight is 267 g/mol. The molecule has 4 nitrogen and oxygen atoms in total. The average Bonchev–Trinajstić information content (AvgIpc) is 2.37. The first-order valence-electron chi connectivity index (χ1n) is 5.01. The fraction of sp³-hybridized carbons (Fsp3) is 0.364. The van der Waals surface area contributed by atoms with Crippen molar-refractivity contribution in [2.24, 2.45) is 0 Å². The smallest absolute Gasteiger partial charge is 0.137 e. The zero-order chi connectivity index (χ0) is 12.5. The van der Waals surface area contributed by atoms with Gasteiger partial charge in [-0.05, 0) is 11.6 Å². The van der Waals surface area contributed by atoms with Gasteiger partial charge >= 0.3 is 0 Å². The fourth-order valence-corrected chi connectivity index (χ4v) is 1.96. The number of thiocarbonyl (C=S) groups is 1. The Morgan fingerprint density at radius 3 is 3.18 bits per heavy atom. The Labute approximate surface area is 110 Å². The van der Waals surface area contributed by atoms with E-state index in [2.05, 4.69) is 16.4 Å². The number of thioether (sulfide) groups is 1. The van der Waals surface area contributed by atoms with Crippen molar-refractivity contribution in [3.8, 4) is 11.8 Å². The molecule has 0 aliphatic heterocycles. The minimum Gasteiger partial charge on any atom is -0.495 e. The highest BCUT2D eigenvalue weighted by Crippen LogP contribution is 2.11. The van der Waals surface area contributed by atoms with Gasteiger partial charge in [-0.2, -0.15) is 5.26 Å². The van der Waals surface area contributed by atoms with E-state index in [9.17, 15) is 0 Å². The number of methoxy groups -OCH3 is 1. The Morgan fingerprint density at radius 2 is 2.47 bits per heavy atom. The highest BCUT2D eigenvalue weighted by atomic mass is 32.2. The predicted molar refractivity (Wildman–Crippen MR) is 72.9 cm³/mol. The zero-order valence-corrected chi connectivity index (χ0v) is 11.1. The van der Waals surface area contributed by atoms with Crippen LogP contribution in [0.15, 0.2) is 18.5 Å². The lowest BCUT2D eigenvalue weighted by atomic mass is 10.3. The van der Waals surface area contributed by atoms with Crippen molar-refractivity contribution in [2.75, 3.05) is 12.9 Å². The van der Waals surface area contributed by atoms with E-state index in [-0.39, 0.29) is 0 Å². The molecule has 1 aromatic heterocycles. The molecule has 1 N–H and O–H groups in total. The molecular formula is C11H13N3OS2. The number of nitriles is 1. The van der Waals surface area contributed by atoms with E-state index >= 15 is 0 Å². The molecule has 0 aromatic carbocycles. The van der Waals surface area contributed by atoms with Crippen molar-refractivity contribution < 1.29 is 4.74 Å². The molecule has 0 unspecified atom stereocenters. The monoisotopic (exact) mass is 267 g/mol. The second-order valence-electron chi connectivity index (χ2n) is 3.13. The lowest BCUT2D eigenvalue weighted by Crippen LogP contribution is -2.18. The third-order valence-corrected chi connectivity index (χ3v) is 3.20. The molecule has 0 atom stereocenters. The number of hydrogen-bond acceptors (Lipinski definition) is 5. The molecule has 1 heterocycles. The first-order valence-corrected chi connectivity index (χ1v) is 6.41. The van der Waals surface area contributed by atoms with Gasteiger partial charge in [-0.25, -0.2) is 0 Å². The first kappa shape index (κ1) is 13.7. The summed E-state index contributed by atoms with van der Waals surface area (Å²) >= 11 is 6.59. The Bertz CT molecular complexity index is 417. The molecule has 0 amide bonds. The van der Waals surface area contributed by atoms with Crippen LogP contribution in [0.3, 0.4) is 0 Å². The maximum atomic E-state index is 8.40. The molecule has 0 saturated carbocycles. The van der Waals surface area contributed by atoms with Gasteiger partial charge in [0.25, 0.3) is 0 Å². The molecule has 1 aromatic rings. The molecule has 1 rings (SSSR count). The van der Waals surface area contributed by atoms with Gasteiger partial charge in [0.15, 0.2) is 0 Å². The van der Waals surface area contributed by atoms with Crippen LogP contribution in [-0.2, 0) is 6.54 Å². The van der Waals surface area contributed by atoms with Crippen molar-refractivity contribution >= 4 is 28.3 Å². The highest BCUT2D eigenvalue weighted by molar-refractivity contribution is 8.22. The van der Waals surface area contributed by atoms with Crippen molar-refractivity contribution in [2.45, 2.75) is 13.0 Å². The number of ether oxygens (including phenoxy) is 1. The van der Waals surface area contributed by atoms with E-state index in [4.69, 9.17) is 22.2 Å². The van der Waals surface area contributed by atoms with E-state index in [1.807, 2.05) is 6.07 Å². The van der Waals surface area contributed by atoms with Gasteiger partial charge in [-0.1, -0.05) is 24.0 Å². The van der Waals surface area contributed by atoms with E-state index in [1.165, 1.54) is 11.8 Å². The van der Waals surface area contributed by atoms with Gasteiger partial charge in [0.1, 0.15) is 10.1 Å². The fourth-order valence-electron chi connectivity index (χ4n) is 1.09. The standard InChI is InChI=1S/C11H13N3OS2/c1-15-10-5-9(6-13-8-10)7-14-11(16)17-4-2-3-12/h5-6,8H,2,4,7H2,1H3,(H,14,16). The second kappa shape index (κ2) is 7.87. The Kier molecular flexibility index (Phi) is 6.37. The summed E-state index contributed by atoms with van der Waals surface area (Å²) in [7, 11) is 1.61. The summed E-state index contributed by atoms with van der Waals surface area (Å²) in [5, 5.41) is 11.5. The maximum Gasteiger partial charge on any atom is 0.137 e. The van der Waals surface area contributed by atoms with Crippen LogP contribution in [-0.4, -0.2) is 22.2 Å². The molecule has 17 heavy (non-hydrogen) atoms. The van der Waals surface area contributed by atoms with Crippen LogP contribution in [0.2, 0.25) is 0 Å². The van der Waals surface area contributed by atoms with Crippen molar-refractivity contribution in [1.29, 1.82) is 5.26 Å². The van der Waals surface area contributed by atoms with Gasteiger partial charge in [0, 0.05) is 24.9 Å². The van der Waals surface area contributed by atoms with Gasteiger partial charge in [-0.3, -0.25) is 4.98 Å². The summed E-state index contributed by atoms with van der Waals surface area (Å²) < 4.78 is 5.77. The van der Waals surface area contributed by atoms with Crippen LogP contribution < -0.4 is 10.1 Å². The van der Waals surface area contributed by atoms with Crippen molar-refractivity contribution in [3.05, 3.63) is 24.0 Å². The van der Waals surface area contributed by atoms with Crippen LogP contribution in [0.25, 0.3) is 0 Å². The van der Waals surface area contributed by atoms with Gasteiger partial charge in [0.2, 0.25) is 0 Å². The maximum absolute atomic E-state index is 8.40. The zero-order valence-electron chi connectivity index (χ0n) is 9.47. The first-order chi connectivity index (χ1) is 8.26. The number of pyridine rings is 1. The topological polar surface area (TPSA) is 57.9 Å². The summed E-state index contributed by atoms with van der Waals surface area (Å²) in [5.74, 6) is 1.45. The lowest BCUT2D eigenvalue weighted by Gasteiger charge is -2.07. The van der Waals surface area contributed by atoms with Crippen LogP contribution in [0.1, 0.15) is 12.0 Å². The molecule has 0 bridgehead atoms. The minimum atomic E-state index is 0.507. The Morgan fingerprint density at radius 1 is 1.65 bits per heavy atom. The molecule has 0 spiro atoms. The number of hydrogen-bond donors (Lipinski definition) is 1. The van der Waals surface area contributed by atoms with Gasteiger partial charge in [0.05, 0.1) is 19.4 Å². The van der Waals surface area contributed by atoms with Gasteiger partial charge < -0.3 is 10.1 Å². The Balaban J connectivity index is 2.34. The van der Waals surface area contributed by atoms with E-state index in [0.29, 0.717) is 17.3 Å². The van der Waals surface area contributed by atoms with Crippen LogP contribution >= 0.6 is 24.0 Å². The van der Waals surface area contributed by atoms with E-state index < -0.39 is 0 Å². The minimum absolute atomic E-state index is 0.507. The van der Waals surface area contributed by atoms with Crippen LogP contribution in [0, 0.1) is 11.3 Å². The number of nitrogens with zero attached hydrogens (tertiary/aromatic N) is 2. The number of rotatable bonds is 5. The third-order valence-electron chi connectivity index (χ3n) is 1.89. The van der Waals surface area contributed by atoms with Crippen molar-refractivity contribution in [1.82, 2.24) is 10.3 Å². The van der Waals surface area contributed by atoms with Crippen molar-refractivity contribution in [3.63, 3.8) is 0 Å². The van der Waals surface area contributed by atoms with E-state index in [0.717, 1.165) is 17.1 Å². The largest absolute Gasteiger partial charge is 0.495 e. The highest BCUT2D eigenvalue weighted by Gasteiger charge is 1.99. The SMILES string of the molecule is COc1cncc(CNC(=S)SCCC#N)c1. The molecule has 0 aliphatic rings. The van der Waals surface area contributed by atoms with E-state index in [1.54, 1.807) is 19.5 Å². The summed E-state index contributed by atoms with van der Waals surface area (Å²) in [5.41, 5.74) is 1.01. The van der Waals surface area contributed by atoms with Crippen LogP contribution in [0.4, 0.5) is 0 Å². The van der Waals surface area contributed by atoms with Gasteiger partial charge in [-0.15, -0.1) is 0 Å². The summed E-state index contributed by atoms with van der Waals surface area (Å²) in [6.07, 6.45) is 3.93. The lowest BCUT2D eigenvalue weighted by molar-refractivity contribution is 0.412. The van der Waals surface area contributed by atoms with Crippen LogP contribution in [0.5, 0.6) is 5.75 Å². The summed E-state index contributed by atoms with van der Waals surface area (Å²) in [6.45, 7) is 0.614. The molecule has 0 aliphatic carbocycles. The molecule has 0 radical (unpaired) electrons. The summed E-state index contributed by atoms with van der Waals surface area (Å²) in [4.78, 5) is 4.05. The normalized spacial score (nSPS) is 9.41. The second-order valence-corrected chi connectivity index (χ2v) is 4.90. The molecule has 0 saturated heterocycles. The number of aromatic nitrogens is 1. The predicted octanol–water partition coefficient (Wildman–Crippen LogP) is 2.11. The quantitative estimate of drug-likeness (QED) is 0.651. The third kappa shape index (κ3) is 5.52. The summed E-state index contributed by atoms with van der Waals surface area (Å²) in [6, 6.07) is 3.98. The molecular weight excluding hydrogens is 254 g/mol. The molecule has 90 valence electrons.